The molecule has 140 valence electrons. The van der Waals surface area contributed by atoms with Crippen LogP contribution in [0.2, 0.25) is 0 Å². The van der Waals surface area contributed by atoms with Crippen LogP contribution in [-0.4, -0.2) is 48.6 Å². The lowest BCUT2D eigenvalue weighted by Gasteiger charge is -2.47. The molecule has 3 rings (SSSR count). The summed E-state index contributed by atoms with van der Waals surface area (Å²) in [6, 6.07) is 5.16. The number of hydrogen-bond donors (Lipinski definition) is 0. The first-order valence-corrected chi connectivity index (χ1v) is 8.76. The highest BCUT2D eigenvalue weighted by Crippen LogP contribution is 2.42. The normalized spacial score (nSPS) is 24.6. The molecule has 0 spiro atoms. The molecule has 26 heavy (non-hydrogen) atoms. The fraction of sp³-hybridized carbons (Fsp3) is 0.550. The van der Waals surface area contributed by atoms with Crippen LogP contribution in [0.3, 0.4) is 0 Å². The predicted molar refractivity (Wildman–Crippen MR) is 96.3 cm³/mol. The van der Waals surface area contributed by atoms with Crippen LogP contribution in [0.15, 0.2) is 18.2 Å². The Kier molecular flexibility index (Phi) is 5.01. The highest BCUT2D eigenvalue weighted by molar-refractivity contribution is 5.70. The second kappa shape index (κ2) is 7.08. The molecule has 0 aliphatic carbocycles. The molecule has 0 aromatic heterocycles. The number of fused-ring (bicyclic) bond motifs is 3. The van der Waals surface area contributed by atoms with Crippen molar-refractivity contribution in [1.82, 2.24) is 4.90 Å². The van der Waals surface area contributed by atoms with Gasteiger partial charge in [-0.1, -0.05) is 5.92 Å². The van der Waals surface area contributed by atoms with Gasteiger partial charge in [0.15, 0.2) is 0 Å². The molecule has 6 nitrogen and oxygen atoms in total. The molecule has 1 amide bonds. The van der Waals surface area contributed by atoms with Crippen molar-refractivity contribution in [3.63, 3.8) is 0 Å². The van der Waals surface area contributed by atoms with Gasteiger partial charge in [-0.15, -0.1) is 6.42 Å². The molecule has 1 saturated heterocycles. The van der Waals surface area contributed by atoms with Crippen LogP contribution < -0.4 is 9.47 Å². The number of rotatable bonds is 2. The molecule has 2 aliphatic heterocycles. The highest BCUT2D eigenvalue weighted by atomic mass is 16.6. The summed E-state index contributed by atoms with van der Waals surface area (Å²) in [5.41, 5.74) is 0.317. The third-order valence-electron chi connectivity index (χ3n) is 4.31. The summed E-state index contributed by atoms with van der Waals surface area (Å²) in [6.45, 7) is 8.54. The van der Waals surface area contributed by atoms with E-state index in [9.17, 15) is 4.79 Å². The largest absolute Gasteiger partial charge is 0.490 e. The number of terminal acetylenes is 1. The molecule has 0 N–H and O–H groups in total. The van der Waals surface area contributed by atoms with Crippen LogP contribution in [0.25, 0.3) is 0 Å². The standard InChI is InChI=1S/C20H25NO5/c1-6-9-23-14-7-8-15-16(10-14)25-12-17-18(15)21(13(2)11-24-17)19(22)26-20(3,4)5/h1,7-8,10,13,17-18H,9,11-12H2,2-5H3/t13-,17-,18+/m1/s1. The monoisotopic (exact) mass is 359 g/mol. The van der Waals surface area contributed by atoms with E-state index in [1.165, 1.54) is 0 Å². The van der Waals surface area contributed by atoms with Gasteiger partial charge in [-0.05, 0) is 39.8 Å². The van der Waals surface area contributed by atoms with E-state index in [2.05, 4.69) is 5.92 Å². The first kappa shape index (κ1) is 18.4. The zero-order chi connectivity index (χ0) is 18.9. The Balaban J connectivity index is 1.92. The molecule has 1 aromatic rings. The summed E-state index contributed by atoms with van der Waals surface area (Å²) in [5, 5.41) is 0. The number of amides is 1. The minimum absolute atomic E-state index is 0.102. The van der Waals surface area contributed by atoms with E-state index in [-0.39, 0.29) is 30.9 Å². The van der Waals surface area contributed by atoms with E-state index in [0.717, 1.165) is 5.56 Å². The average Bonchev–Trinajstić information content (AvgIpc) is 2.57. The number of morpholine rings is 1. The SMILES string of the molecule is C#CCOc1ccc2c(c1)OC[C@H]1OC[C@@H](C)N(C(=O)OC(C)(C)C)[C@@H]21. The van der Waals surface area contributed by atoms with Gasteiger partial charge in [-0.2, -0.15) is 0 Å². The van der Waals surface area contributed by atoms with E-state index >= 15 is 0 Å². The molecule has 2 heterocycles. The third kappa shape index (κ3) is 3.73. The Morgan fingerprint density at radius 1 is 1.38 bits per heavy atom. The maximum atomic E-state index is 12.9. The highest BCUT2D eigenvalue weighted by Gasteiger charge is 2.45. The van der Waals surface area contributed by atoms with Gasteiger partial charge >= 0.3 is 6.09 Å². The summed E-state index contributed by atoms with van der Waals surface area (Å²) in [4.78, 5) is 14.6. The molecule has 1 aromatic carbocycles. The number of hydrogen-bond acceptors (Lipinski definition) is 5. The zero-order valence-corrected chi connectivity index (χ0v) is 15.7. The van der Waals surface area contributed by atoms with Crippen LogP contribution in [0.4, 0.5) is 4.79 Å². The van der Waals surface area contributed by atoms with Crippen molar-refractivity contribution in [2.45, 2.75) is 51.5 Å². The molecule has 1 fully saturated rings. The summed E-state index contributed by atoms with van der Waals surface area (Å²) in [5.74, 6) is 3.74. The lowest BCUT2D eigenvalue weighted by Crippen LogP contribution is -2.56. The second-order valence-corrected chi connectivity index (χ2v) is 7.56. The summed E-state index contributed by atoms with van der Waals surface area (Å²) in [7, 11) is 0. The zero-order valence-electron chi connectivity index (χ0n) is 15.7. The number of nitrogens with zero attached hydrogens (tertiary/aromatic N) is 1. The molecule has 0 bridgehead atoms. The van der Waals surface area contributed by atoms with Crippen molar-refractivity contribution in [3.05, 3.63) is 23.8 Å². The summed E-state index contributed by atoms with van der Waals surface area (Å²) < 4.78 is 22.9. The van der Waals surface area contributed by atoms with Crippen molar-refractivity contribution >= 4 is 6.09 Å². The molecule has 0 unspecified atom stereocenters. The van der Waals surface area contributed by atoms with Gasteiger partial charge in [-0.3, -0.25) is 4.90 Å². The first-order chi connectivity index (χ1) is 12.3. The van der Waals surface area contributed by atoms with Crippen molar-refractivity contribution in [2.75, 3.05) is 19.8 Å². The number of carbonyl (C=O) groups is 1. The summed E-state index contributed by atoms with van der Waals surface area (Å²) in [6.07, 6.45) is 4.66. The molecule has 3 atom stereocenters. The van der Waals surface area contributed by atoms with E-state index in [1.807, 2.05) is 39.8 Å². The minimum atomic E-state index is -0.564. The number of benzene rings is 1. The topological polar surface area (TPSA) is 57.2 Å². The van der Waals surface area contributed by atoms with Gasteiger partial charge in [0.2, 0.25) is 0 Å². The van der Waals surface area contributed by atoms with Crippen LogP contribution in [0, 0.1) is 12.3 Å². The lowest BCUT2D eigenvalue weighted by atomic mass is 9.93. The Labute approximate surface area is 154 Å². The van der Waals surface area contributed by atoms with Crippen LogP contribution in [-0.2, 0) is 9.47 Å². The van der Waals surface area contributed by atoms with E-state index in [4.69, 9.17) is 25.4 Å². The molecular weight excluding hydrogens is 334 g/mol. The summed E-state index contributed by atoms with van der Waals surface area (Å²) >= 11 is 0. The molecule has 0 saturated carbocycles. The van der Waals surface area contributed by atoms with Crippen molar-refractivity contribution in [2.24, 2.45) is 0 Å². The molecular formula is C20H25NO5. The van der Waals surface area contributed by atoms with Gasteiger partial charge in [0.05, 0.1) is 18.7 Å². The van der Waals surface area contributed by atoms with Gasteiger partial charge < -0.3 is 18.9 Å². The second-order valence-electron chi connectivity index (χ2n) is 7.56. The lowest BCUT2D eigenvalue weighted by molar-refractivity contribution is -0.120. The van der Waals surface area contributed by atoms with Crippen LogP contribution >= 0.6 is 0 Å². The number of carbonyl (C=O) groups excluding carboxylic acids is 1. The first-order valence-electron chi connectivity index (χ1n) is 8.76. The molecule has 0 radical (unpaired) electrons. The Morgan fingerprint density at radius 3 is 2.85 bits per heavy atom. The van der Waals surface area contributed by atoms with Crippen molar-refractivity contribution in [3.8, 4) is 23.8 Å². The van der Waals surface area contributed by atoms with Gasteiger partial charge in [-0.25, -0.2) is 4.79 Å². The Hall–Kier alpha value is -2.39. The smallest absolute Gasteiger partial charge is 0.411 e. The average molecular weight is 359 g/mol. The maximum Gasteiger partial charge on any atom is 0.411 e. The van der Waals surface area contributed by atoms with Crippen molar-refractivity contribution in [1.29, 1.82) is 0 Å². The fourth-order valence-corrected chi connectivity index (χ4v) is 3.26. The molecule has 2 aliphatic rings. The fourth-order valence-electron chi connectivity index (χ4n) is 3.26. The predicted octanol–water partition coefficient (Wildman–Crippen LogP) is 3.16. The van der Waals surface area contributed by atoms with E-state index in [1.54, 1.807) is 11.0 Å². The molecule has 6 heteroatoms. The maximum absolute atomic E-state index is 12.9. The van der Waals surface area contributed by atoms with E-state index in [0.29, 0.717) is 24.7 Å². The van der Waals surface area contributed by atoms with Gasteiger partial charge in [0.25, 0.3) is 0 Å². The van der Waals surface area contributed by atoms with Crippen LogP contribution in [0.1, 0.15) is 39.3 Å². The van der Waals surface area contributed by atoms with Crippen LogP contribution in [0.5, 0.6) is 11.5 Å². The van der Waals surface area contributed by atoms with Gasteiger partial charge in [0.1, 0.15) is 36.4 Å². The van der Waals surface area contributed by atoms with E-state index < -0.39 is 5.60 Å². The minimum Gasteiger partial charge on any atom is -0.490 e. The quantitative estimate of drug-likeness (QED) is 0.759. The van der Waals surface area contributed by atoms with Gasteiger partial charge in [0, 0.05) is 11.6 Å². The third-order valence-corrected chi connectivity index (χ3v) is 4.31. The Bertz CT molecular complexity index is 718. The number of ether oxygens (including phenoxy) is 4. The van der Waals surface area contributed by atoms with Crippen molar-refractivity contribution < 1.29 is 23.7 Å². The Morgan fingerprint density at radius 2 is 2.15 bits per heavy atom.